The van der Waals surface area contributed by atoms with Crippen LogP contribution < -0.4 is 5.32 Å². The van der Waals surface area contributed by atoms with Gasteiger partial charge in [0.2, 0.25) is 5.91 Å². The van der Waals surface area contributed by atoms with E-state index >= 15 is 0 Å². The minimum atomic E-state index is -0.567. The van der Waals surface area contributed by atoms with Crippen LogP contribution in [0.1, 0.15) is 45.6 Å². The van der Waals surface area contributed by atoms with Crippen LogP contribution in [0.5, 0.6) is 0 Å². The lowest BCUT2D eigenvalue weighted by Crippen LogP contribution is -2.38. The molecular weight excluding hydrogens is 346 g/mol. The zero-order chi connectivity index (χ0) is 19.8. The molecule has 1 heterocycles. The van der Waals surface area contributed by atoms with Gasteiger partial charge < -0.3 is 10.1 Å². The molecule has 1 aliphatic rings. The van der Waals surface area contributed by atoms with Gasteiger partial charge in [-0.3, -0.25) is 14.4 Å². The Bertz CT molecular complexity index is 700. The molecule has 1 atom stereocenters. The van der Waals surface area contributed by atoms with Gasteiger partial charge in [-0.25, -0.2) is 5.01 Å². The van der Waals surface area contributed by atoms with Gasteiger partial charge in [-0.2, -0.15) is 5.10 Å². The third-order valence-corrected chi connectivity index (χ3v) is 4.49. The van der Waals surface area contributed by atoms with E-state index in [1.54, 1.807) is 0 Å². The third-order valence-electron chi connectivity index (χ3n) is 4.49. The van der Waals surface area contributed by atoms with E-state index in [1.807, 2.05) is 51.1 Å². The van der Waals surface area contributed by atoms with Crippen molar-refractivity contribution in [1.82, 2.24) is 10.3 Å². The van der Waals surface area contributed by atoms with E-state index in [9.17, 15) is 14.4 Å². The molecule has 7 heteroatoms. The lowest BCUT2D eigenvalue weighted by molar-refractivity contribution is -0.150. The van der Waals surface area contributed by atoms with Crippen LogP contribution in [0.15, 0.2) is 35.4 Å². The van der Waals surface area contributed by atoms with E-state index in [0.29, 0.717) is 18.9 Å². The molecular formula is C20H27N3O4. The molecule has 1 aliphatic heterocycles. The molecule has 0 fully saturated rings. The van der Waals surface area contributed by atoms with Crippen molar-refractivity contribution in [3.63, 3.8) is 0 Å². The number of carbonyl (C=O) groups excluding carboxylic acids is 3. The van der Waals surface area contributed by atoms with E-state index in [1.165, 1.54) is 5.01 Å². The quantitative estimate of drug-likeness (QED) is 0.707. The highest BCUT2D eigenvalue weighted by Gasteiger charge is 2.22. The summed E-state index contributed by atoms with van der Waals surface area (Å²) in [6.07, 6.45) is 0.626. The number of rotatable bonds is 8. The molecule has 0 aromatic heterocycles. The monoisotopic (exact) mass is 373 g/mol. The minimum absolute atomic E-state index is 0.00428. The van der Waals surface area contributed by atoms with Crippen LogP contribution in [0, 0.1) is 5.92 Å². The van der Waals surface area contributed by atoms with Crippen molar-refractivity contribution >= 4 is 23.5 Å². The number of hydrazone groups is 1. The molecule has 2 amide bonds. The summed E-state index contributed by atoms with van der Waals surface area (Å²) in [7, 11) is 0. The Morgan fingerprint density at radius 2 is 1.85 bits per heavy atom. The van der Waals surface area contributed by atoms with E-state index in [2.05, 4.69) is 10.4 Å². The molecule has 0 spiro atoms. The van der Waals surface area contributed by atoms with Gasteiger partial charge in [0.05, 0.1) is 18.7 Å². The minimum Gasteiger partial charge on any atom is -0.456 e. The summed E-state index contributed by atoms with van der Waals surface area (Å²) in [6.45, 7) is 6.06. The Balaban J connectivity index is 1.72. The maximum absolute atomic E-state index is 12.2. The average Bonchev–Trinajstić information content (AvgIpc) is 3.15. The van der Waals surface area contributed by atoms with Crippen LogP contribution in [-0.2, 0) is 19.1 Å². The Labute approximate surface area is 159 Å². The number of hydrogen-bond acceptors (Lipinski definition) is 5. The Morgan fingerprint density at radius 1 is 1.15 bits per heavy atom. The standard InChI is InChI=1S/C20H27N3O4/c1-14(2)15(3)21-18(24)13-27-20(26)10-9-19(25)23-12-11-17(22-23)16-7-5-4-6-8-16/h4-8,14-15H,9-13H2,1-3H3,(H,21,24)/t15-/m1/s1. The van der Waals surface area contributed by atoms with Gasteiger partial charge in [0.15, 0.2) is 6.61 Å². The molecule has 0 aliphatic carbocycles. The summed E-state index contributed by atoms with van der Waals surface area (Å²) in [5.41, 5.74) is 1.86. The van der Waals surface area contributed by atoms with Crippen molar-refractivity contribution < 1.29 is 19.1 Å². The first-order chi connectivity index (χ1) is 12.9. The first-order valence-electron chi connectivity index (χ1n) is 9.25. The summed E-state index contributed by atoms with van der Waals surface area (Å²) in [5.74, 6) is -0.838. The van der Waals surface area contributed by atoms with Crippen LogP contribution in [-0.4, -0.2) is 47.7 Å². The normalized spacial score (nSPS) is 14.7. The van der Waals surface area contributed by atoms with Crippen LogP contribution in [0.4, 0.5) is 0 Å². The molecule has 1 aromatic rings. The number of amides is 2. The van der Waals surface area contributed by atoms with E-state index in [-0.39, 0.29) is 37.3 Å². The SMILES string of the molecule is CC(C)[C@@H](C)NC(=O)COC(=O)CCC(=O)N1CCC(c2ccccc2)=N1. The molecule has 0 bridgehead atoms. The fourth-order valence-electron chi connectivity index (χ4n) is 2.49. The fourth-order valence-corrected chi connectivity index (χ4v) is 2.49. The van der Waals surface area contributed by atoms with Gasteiger partial charge >= 0.3 is 5.97 Å². The molecule has 7 nitrogen and oxygen atoms in total. The highest BCUT2D eigenvalue weighted by atomic mass is 16.5. The fraction of sp³-hybridized carbons (Fsp3) is 0.500. The molecule has 0 saturated heterocycles. The zero-order valence-electron chi connectivity index (χ0n) is 16.1. The summed E-state index contributed by atoms with van der Waals surface area (Å²) < 4.78 is 4.93. The maximum Gasteiger partial charge on any atom is 0.306 e. The van der Waals surface area contributed by atoms with Crippen molar-refractivity contribution in [2.75, 3.05) is 13.2 Å². The number of nitrogens with zero attached hydrogens (tertiary/aromatic N) is 2. The van der Waals surface area contributed by atoms with Gasteiger partial charge in [-0.05, 0) is 18.4 Å². The number of nitrogens with one attached hydrogen (secondary N) is 1. The largest absolute Gasteiger partial charge is 0.456 e. The summed E-state index contributed by atoms with van der Waals surface area (Å²) in [6, 6.07) is 9.69. The summed E-state index contributed by atoms with van der Waals surface area (Å²) in [4.78, 5) is 35.7. The van der Waals surface area contributed by atoms with Gasteiger partial charge in [0, 0.05) is 18.9 Å². The second-order valence-corrected chi connectivity index (χ2v) is 6.94. The van der Waals surface area contributed by atoms with Crippen molar-refractivity contribution in [2.45, 2.75) is 46.1 Å². The molecule has 0 unspecified atom stereocenters. The highest BCUT2D eigenvalue weighted by Crippen LogP contribution is 2.15. The molecule has 2 rings (SSSR count). The topological polar surface area (TPSA) is 88.1 Å². The first kappa shape index (κ1) is 20.6. The van der Waals surface area contributed by atoms with E-state index in [0.717, 1.165) is 11.3 Å². The van der Waals surface area contributed by atoms with Crippen LogP contribution in [0.2, 0.25) is 0 Å². The number of carbonyl (C=O) groups is 3. The first-order valence-corrected chi connectivity index (χ1v) is 9.25. The van der Waals surface area contributed by atoms with Gasteiger partial charge in [-0.1, -0.05) is 44.2 Å². The second-order valence-electron chi connectivity index (χ2n) is 6.94. The molecule has 27 heavy (non-hydrogen) atoms. The summed E-state index contributed by atoms with van der Waals surface area (Å²) in [5, 5.41) is 8.49. The Hall–Kier alpha value is -2.70. The summed E-state index contributed by atoms with van der Waals surface area (Å²) >= 11 is 0. The van der Waals surface area contributed by atoms with Crippen molar-refractivity contribution in [1.29, 1.82) is 0 Å². The number of esters is 1. The maximum atomic E-state index is 12.2. The third kappa shape index (κ3) is 6.51. The van der Waals surface area contributed by atoms with Crippen LogP contribution >= 0.6 is 0 Å². The number of ether oxygens (including phenoxy) is 1. The zero-order valence-corrected chi connectivity index (χ0v) is 16.1. The van der Waals surface area contributed by atoms with Crippen LogP contribution in [0.3, 0.4) is 0 Å². The Morgan fingerprint density at radius 3 is 2.52 bits per heavy atom. The van der Waals surface area contributed by atoms with E-state index in [4.69, 9.17) is 4.74 Å². The highest BCUT2D eigenvalue weighted by molar-refractivity contribution is 6.02. The Kier molecular flexibility index (Phi) is 7.52. The predicted octanol–water partition coefficient (Wildman–Crippen LogP) is 2.11. The van der Waals surface area contributed by atoms with Gasteiger partial charge in [0.1, 0.15) is 0 Å². The van der Waals surface area contributed by atoms with Crippen molar-refractivity contribution in [2.24, 2.45) is 11.0 Å². The number of hydrogen-bond donors (Lipinski definition) is 1. The van der Waals surface area contributed by atoms with E-state index < -0.39 is 5.97 Å². The van der Waals surface area contributed by atoms with Crippen molar-refractivity contribution in [3.05, 3.63) is 35.9 Å². The molecule has 1 aromatic carbocycles. The molecule has 0 saturated carbocycles. The second kappa shape index (κ2) is 9.85. The smallest absolute Gasteiger partial charge is 0.306 e. The molecule has 1 N–H and O–H groups in total. The van der Waals surface area contributed by atoms with Crippen LogP contribution in [0.25, 0.3) is 0 Å². The number of benzene rings is 1. The predicted molar refractivity (Wildman–Crippen MR) is 102 cm³/mol. The lowest BCUT2D eigenvalue weighted by atomic mass is 10.1. The molecule has 146 valence electrons. The molecule has 0 radical (unpaired) electrons. The average molecular weight is 373 g/mol. The van der Waals surface area contributed by atoms with Gasteiger partial charge in [0.25, 0.3) is 5.91 Å². The van der Waals surface area contributed by atoms with Crippen molar-refractivity contribution in [3.8, 4) is 0 Å². The van der Waals surface area contributed by atoms with Gasteiger partial charge in [-0.15, -0.1) is 0 Å². The lowest BCUT2D eigenvalue weighted by Gasteiger charge is -2.17.